The van der Waals surface area contributed by atoms with Gasteiger partial charge in [0.05, 0.1) is 18.5 Å². The predicted molar refractivity (Wildman–Crippen MR) is 129 cm³/mol. The number of nitrogens with one attached hydrogen (secondary N) is 2. The van der Waals surface area contributed by atoms with Gasteiger partial charge >= 0.3 is 0 Å². The highest BCUT2D eigenvalue weighted by Crippen LogP contribution is 2.28. The molecule has 0 bridgehead atoms. The van der Waals surface area contributed by atoms with Crippen molar-refractivity contribution in [2.45, 2.75) is 25.9 Å². The van der Waals surface area contributed by atoms with Gasteiger partial charge in [-0.15, -0.1) is 11.3 Å². The van der Waals surface area contributed by atoms with Gasteiger partial charge in [0.2, 0.25) is 5.91 Å². The lowest BCUT2D eigenvalue weighted by Gasteiger charge is -2.18. The van der Waals surface area contributed by atoms with Crippen LogP contribution in [-0.2, 0) is 17.8 Å². The number of furan rings is 1. The Balaban J connectivity index is 1.45. The first-order chi connectivity index (χ1) is 16.0. The Morgan fingerprint density at radius 2 is 1.82 bits per heavy atom. The molecule has 0 spiro atoms. The van der Waals surface area contributed by atoms with Crippen molar-refractivity contribution in [2.24, 2.45) is 0 Å². The van der Waals surface area contributed by atoms with Crippen molar-refractivity contribution >= 4 is 34.8 Å². The molecule has 2 amide bonds. The van der Waals surface area contributed by atoms with Crippen LogP contribution in [0.3, 0.4) is 0 Å². The molecule has 0 aliphatic heterocycles. The molecule has 0 radical (unpaired) electrons. The Hall–Kier alpha value is -3.42. The molecule has 6 nitrogen and oxygen atoms in total. The summed E-state index contributed by atoms with van der Waals surface area (Å²) in [6, 6.07) is 19.5. The molecule has 2 aromatic heterocycles. The van der Waals surface area contributed by atoms with Gasteiger partial charge in [0.15, 0.2) is 5.76 Å². The Morgan fingerprint density at radius 3 is 2.52 bits per heavy atom. The molecule has 4 aromatic rings. The van der Waals surface area contributed by atoms with Crippen LogP contribution < -0.4 is 10.6 Å². The third-order valence-electron chi connectivity index (χ3n) is 5.02. The SMILES string of the molecule is Cc1sc(CNC(=O)C(Cc2ccccc2)NC(=O)c2ccco2)nc1-c1ccc(Cl)cc1. The van der Waals surface area contributed by atoms with E-state index in [0.717, 1.165) is 26.7 Å². The maximum absolute atomic E-state index is 13.0. The van der Waals surface area contributed by atoms with Crippen molar-refractivity contribution in [3.63, 3.8) is 0 Å². The van der Waals surface area contributed by atoms with Gasteiger partial charge < -0.3 is 15.1 Å². The first-order valence-electron chi connectivity index (χ1n) is 10.4. The third-order valence-corrected chi connectivity index (χ3v) is 6.24. The molecule has 1 unspecified atom stereocenters. The summed E-state index contributed by atoms with van der Waals surface area (Å²) in [5, 5.41) is 7.14. The topological polar surface area (TPSA) is 84.2 Å². The van der Waals surface area contributed by atoms with Gasteiger partial charge in [0, 0.05) is 21.9 Å². The molecular weight excluding hydrogens is 458 g/mol. The number of aromatic nitrogens is 1. The zero-order chi connectivity index (χ0) is 23.2. The van der Waals surface area contributed by atoms with Gasteiger partial charge in [-0.1, -0.05) is 54.1 Å². The van der Waals surface area contributed by atoms with Crippen LogP contribution >= 0.6 is 22.9 Å². The molecule has 168 valence electrons. The zero-order valence-electron chi connectivity index (χ0n) is 17.9. The molecule has 0 aliphatic rings. The average molecular weight is 480 g/mol. The van der Waals surface area contributed by atoms with Crippen LogP contribution in [0.2, 0.25) is 5.02 Å². The quantitative estimate of drug-likeness (QED) is 0.371. The van der Waals surface area contributed by atoms with Gasteiger partial charge in [-0.05, 0) is 36.8 Å². The highest BCUT2D eigenvalue weighted by atomic mass is 35.5. The summed E-state index contributed by atoms with van der Waals surface area (Å²) >= 11 is 7.51. The fraction of sp³-hybridized carbons (Fsp3) is 0.160. The number of carbonyl (C=O) groups excluding carboxylic acids is 2. The van der Waals surface area contributed by atoms with E-state index in [0.29, 0.717) is 11.4 Å². The molecule has 33 heavy (non-hydrogen) atoms. The summed E-state index contributed by atoms with van der Waals surface area (Å²) in [5.74, 6) is -0.574. The lowest BCUT2D eigenvalue weighted by atomic mass is 10.1. The summed E-state index contributed by atoms with van der Waals surface area (Å²) < 4.78 is 5.16. The summed E-state index contributed by atoms with van der Waals surface area (Å²) in [5.41, 5.74) is 2.78. The minimum Gasteiger partial charge on any atom is -0.459 e. The zero-order valence-corrected chi connectivity index (χ0v) is 19.5. The second kappa shape index (κ2) is 10.5. The molecule has 2 N–H and O–H groups in total. The van der Waals surface area contributed by atoms with Crippen molar-refractivity contribution in [3.8, 4) is 11.3 Å². The fourth-order valence-electron chi connectivity index (χ4n) is 3.38. The maximum Gasteiger partial charge on any atom is 0.287 e. The summed E-state index contributed by atoms with van der Waals surface area (Å²) in [4.78, 5) is 31.3. The van der Waals surface area contributed by atoms with E-state index in [9.17, 15) is 9.59 Å². The van der Waals surface area contributed by atoms with Crippen LogP contribution in [0.15, 0.2) is 77.4 Å². The number of thiazole rings is 1. The normalized spacial score (nSPS) is 11.7. The van der Waals surface area contributed by atoms with E-state index >= 15 is 0 Å². The van der Waals surface area contributed by atoms with Crippen molar-refractivity contribution < 1.29 is 14.0 Å². The van der Waals surface area contributed by atoms with Crippen LogP contribution in [0.1, 0.15) is 26.0 Å². The highest BCUT2D eigenvalue weighted by molar-refractivity contribution is 7.12. The summed E-state index contributed by atoms with van der Waals surface area (Å²) in [6.07, 6.45) is 1.77. The minimum absolute atomic E-state index is 0.156. The van der Waals surface area contributed by atoms with Crippen molar-refractivity contribution in [3.05, 3.63) is 99.2 Å². The third kappa shape index (κ3) is 5.88. The molecule has 2 aromatic carbocycles. The van der Waals surface area contributed by atoms with Crippen LogP contribution in [-0.4, -0.2) is 22.8 Å². The van der Waals surface area contributed by atoms with Crippen LogP contribution in [0, 0.1) is 6.92 Å². The second-order valence-electron chi connectivity index (χ2n) is 7.43. The Labute approximate surface area is 200 Å². The van der Waals surface area contributed by atoms with Crippen LogP contribution in [0.5, 0.6) is 0 Å². The van der Waals surface area contributed by atoms with E-state index in [1.54, 1.807) is 12.1 Å². The van der Waals surface area contributed by atoms with Crippen LogP contribution in [0.4, 0.5) is 0 Å². The number of carbonyl (C=O) groups is 2. The van der Waals surface area contributed by atoms with E-state index in [1.807, 2.05) is 61.5 Å². The molecule has 1 atom stereocenters. The van der Waals surface area contributed by atoms with Gasteiger partial charge in [0.1, 0.15) is 11.0 Å². The maximum atomic E-state index is 13.0. The molecule has 2 heterocycles. The van der Waals surface area contributed by atoms with E-state index in [1.165, 1.54) is 17.6 Å². The Morgan fingerprint density at radius 1 is 1.06 bits per heavy atom. The van der Waals surface area contributed by atoms with Crippen LogP contribution in [0.25, 0.3) is 11.3 Å². The summed E-state index contributed by atoms with van der Waals surface area (Å²) in [6.45, 7) is 2.26. The molecule has 0 aliphatic carbocycles. The molecule has 0 fully saturated rings. The lowest BCUT2D eigenvalue weighted by Crippen LogP contribution is -2.47. The average Bonchev–Trinajstić information content (AvgIpc) is 3.48. The van der Waals surface area contributed by atoms with Gasteiger partial charge in [-0.2, -0.15) is 0 Å². The molecule has 0 saturated carbocycles. The minimum atomic E-state index is -0.762. The van der Waals surface area contributed by atoms with Crippen molar-refractivity contribution in [1.29, 1.82) is 0 Å². The highest BCUT2D eigenvalue weighted by Gasteiger charge is 2.23. The molecule has 4 rings (SSSR count). The number of rotatable bonds is 8. The number of amides is 2. The molecule has 0 saturated heterocycles. The Bertz CT molecular complexity index is 1220. The Kier molecular flexibility index (Phi) is 7.22. The lowest BCUT2D eigenvalue weighted by molar-refractivity contribution is -0.123. The summed E-state index contributed by atoms with van der Waals surface area (Å²) in [7, 11) is 0. The number of hydrogen-bond donors (Lipinski definition) is 2. The molecular formula is C25H22ClN3O3S. The fourth-order valence-corrected chi connectivity index (χ4v) is 4.41. The van der Waals surface area contributed by atoms with E-state index < -0.39 is 11.9 Å². The first kappa shape index (κ1) is 22.8. The van der Waals surface area contributed by atoms with Crippen molar-refractivity contribution in [1.82, 2.24) is 15.6 Å². The van der Waals surface area contributed by atoms with E-state index in [-0.39, 0.29) is 18.2 Å². The van der Waals surface area contributed by atoms with E-state index in [2.05, 4.69) is 15.6 Å². The number of hydrogen-bond acceptors (Lipinski definition) is 5. The number of nitrogens with zero attached hydrogens (tertiary/aromatic N) is 1. The second-order valence-corrected chi connectivity index (χ2v) is 9.15. The standard InChI is InChI=1S/C25H22ClN3O3S/c1-16-23(18-9-11-19(26)12-10-18)29-22(33-16)15-27-24(30)20(14-17-6-3-2-4-7-17)28-25(31)21-8-5-13-32-21/h2-13,20H,14-15H2,1H3,(H,27,30)(H,28,31). The van der Waals surface area contributed by atoms with Gasteiger partial charge in [-0.3, -0.25) is 9.59 Å². The van der Waals surface area contributed by atoms with Gasteiger partial charge in [-0.25, -0.2) is 4.98 Å². The van der Waals surface area contributed by atoms with Gasteiger partial charge in [0.25, 0.3) is 5.91 Å². The smallest absolute Gasteiger partial charge is 0.287 e. The number of aryl methyl sites for hydroxylation is 1. The number of halogens is 1. The molecule has 8 heteroatoms. The predicted octanol–water partition coefficient (Wildman–Crippen LogP) is 5.02. The van der Waals surface area contributed by atoms with Crippen molar-refractivity contribution in [2.75, 3.05) is 0 Å². The number of benzene rings is 2. The largest absolute Gasteiger partial charge is 0.459 e. The van der Waals surface area contributed by atoms with E-state index in [4.69, 9.17) is 16.0 Å². The first-order valence-corrected chi connectivity index (χ1v) is 11.6. The monoisotopic (exact) mass is 479 g/mol.